The third-order valence-electron chi connectivity index (χ3n) is 5.54. The minimum Gasteiger partial charge on any atom is -0.493 e. The summed E-state index contributed by atoms with van der Waals surface area (Å²) in [5.41, 5.74) is 3.74. The molecule has 0 saturated heterocycles. The summed E-state index contributed by atoms with van der Waals surface area (Å²) in [6.07, 6.45) is 6.44. The van der Waals surface area contributed by atoms with E-state index in [9.17, 15) is 4.79 Å². The molecular formula is C19H25BrN2O3. The molecule has 0 bridgehead atoms. The average Bonchev–Trinajstić information content (AvgIpc) is 3.22. The number of rotatable bonds is 6. The summed E-state index contributed by atoms with van der Waals surface area (Å²) in [5, 5.41) is 4.14. The van der Waals surface area contributed by atoms with Crippen molar-refractivity contribution in [3.63, 3.8) is 0 Å². The van der Waals surface area contributed by atoms with Gasteiger partial charge in [-0.15, -0.1) is 0 Å². The molecule has 2 aliphatic carbocycles. The second-order valence-corrected chi connectivity index (χ2v) is 7.89. The Bertz CT molecular complexity index is 691. The number of fused-ring (bicyclic) bond motifs is 1. The summed E-state index contributed by atoms with van der Waals surface area (Å²) in [7, 11) is 1.60. The van der Waals surface area contributed by atoms with Crippen LogP contribution in [0.1, 0.15) is 45.1 Å². The highest BCUT2D eigenvalue weighted by atomic mass is 79.9. The van der Waals surface area contributed by atoms with Crippen molar-refractivity contribution < 1.29 is 14.3 Å². The van der Waals surface area contributed by atoms with Crippen molar-refractivity contribution in [3.8, 4) is 11.5 Å². The number of hydrogen-bond donors (Lipinski definition) is 1. The number of carbonyl (C=O) groups excluding carboxylic acids is 1. The quantitative estimate of drug-likeness (QED) is 0.568. The lowest BCUT2D eigenvalue weighted by molar-refractivity contribution is -0.123. The van der Waals surface area contributed by atoms with E-state index >= 15 is 0 Å². The maximum Gasteiger partial charge on any atom is 0.244 e. The Morgan fingerprint density at radius 2 is 2.28 bits per heavy atom. The van der Waals surface area contributed by atoms with Gasteiger partial charge in [0.1, 0.15) is 0 Å². The Balaban J connectivity index is 1.64. The Morgan fingerprint density at radius 3 is 2.92 bits per heavy atom. The van der Waals surface area contributed by atoms with E-state index < -0.39 is 0 Å². The minimum atomic E-state index is 0.0441. The monoisotopic (exact) mass is 408 g/mol. The highest BCUT2D eigenvalue weighted by Gasteiger charge is 2.64. The molecule has 5 nitrogen and oxygen atoms in total. The molecule has 3 rings (SSSR count). The molecule has 3 atom stereocenters. The predicted octanol–water partition coefficient (Wildman–Crippen LogP) is 4.13. The average molecular weight is 409 g/mol. The van der Waals surface area contributed by atoms with Crippen LogP contribution in [-0.4, -0.2) is 25.8 Å². The molecule has 0 aliphatic heterocycles. The van der Waals surface area contributed by atoms with Gasteiger partial charge >= 0.3 is 0 Å². The van der Waals surface area contributed by atoms with E-state index in [4.69, 9.17) is 9.47 Å². The first kappa shape index (κ1) is 18.2. The van der Waals surface area contributed by atoms with Gasteiger partial charge in [-0.25, -0.2) is 5.43 Å². The van der Waals surface area contributed by atoms with E-state index in [0.29, 0.717) is 24.0 Å². The van der Waals surface area contributed by atoms with Crippen LogP contribution in [0.25, 0.3) is 0 Å². The van der Waals surface area contributed by atoms with E-state index in [1.807, 2.05) is 19.1 Å². The molecule has 0 spiro atoms. The summed E-state index contributed by atoms with van der Waals surface area (Å²) in [5.74, 6) is 2.00. The first-order valence-corrected chi connectivity index (χ1v) is 9.63. The number of halogens is 1. The van der Waals surface area contributed by atoms with Gasteiger partial charge in [0.15, 0.2) is 11.5 Å². The van der Waals surface area contributed by atoms with Crippen molar-refractivity contribution >= 4 is 28.1 Å². The number of benzene rings is 1. The normalized spacial score (nSPS) is 27.7. The van der Waals surface area contributed by atoms with Gasteiger partial charge in [-0.05, 0) is 64.7 Å². The zero-order valence-corrected chi connectivity index (χ0v) is 16.6. The summed E-state index contributed by atoms with van der Waals surface area (Å²) in [6, 6.07) is 3.73. The zero-order chi connectivity index (χ0) is 18.0. The van der Waals surface area contributed by atoms with Crippen LogP contribution in [0.2, 0.25) is 0 Å². The number of ether oxygens (including phenoxy) is 2. The van der Waals surface area contributed by atoms with Crippen molar-refractivity contribution in [1.29, 1.82) is 0 Å². The van der Waals surface area contributed by atoms with Gasteiger partial charge in [-0.1, -0.05) is 19.8 Å². The van der Waals surface area contributed by atoms with Gasteiger partial charge in [0, 0.05) is 5.92 Å². The van der Waals surface area contributed by atoms with Crippen molar-refractivity contribution in [3.05, 3.63) is 22.2 Å². The molecule has 1 aromatic rings. The number of nitrogens with zero attached hydrogens (tertiary/aromatic N) is 1. The molecule has 0 radical (unpaired) electrons. The smallest absolute Gasteiger partial charge is 0.244 e. The third-order valence-corrected chi connectivity index (χ3v) is 6.13. The predicted molar refractivity (Wildman–Crippen MR) is 101 cm³/mol. The lowest BCUT2D eigenvalue weighted by Gasteiger charge is -2.15. The molecule has 2 aliphatic rings. The first-order chi connectivity index (χ1) is 12.0. The number of hydrazone groups is 1. The molecule has 6 heteroatoms. The number of methoxy groups -OCH3 is 1. The van der Waals surface area contributed by atoms with E-state index in [1.165, 1.54) is 19.3 Å². The SMILES string of the molecule is CCOc1c(Br)cc(/C=N\NC(=O)[C@@H]2[C@H]3CCCC[C@]32C)cc1OC. The Kier molecular flexibility index (Phi) is 5.37. The lowest BCUT2D eigenvalue weighted by atomic mass is 9.90. The standard InChI is InChI=1S/C19H25BrN2O3/c1-4-25-17-14(20)9-12(10-15(17)24-3)11-21-22-18(23)16-13-7-5-6-8-19(13,16)2/h9-11,13,16H,4-8H2,1-3H3,(H,22,23)/b21-11-/t13-,16+,19-/m1/s1. The van der Waals surface area contributed by atoms with Crippen molar-refractivity contribution in [2.45, 2.75) is 39.5 Å². The van der Waals surface area contributed by atoms with Crippen molar-refractivity contribution in [2.75, 3.05) is 13.7 Å². The molecule has 25 heavy (non-hydrogen) atoms. The maximum atomic E-state index is 12.4. The molecule has 136 valence electrons. The number of hydrogen-bond acceptors (Lipinski definition) is 4. The first-order valence-electron chi connectivity index (χ1n) is 8.84. The number of nitrogens with one attached hydrogen (secondary N) is 1. The molecule has 2 saturated carbocycles. The van der Waals surface area contributed by atoms with Crippen LogP contribution in [0, 0.1) is 17.3 Å². The molecule has 1 amide bonds. The van der Waals surface area contributed by atoms with Gasteiger partial charge in [0.05, 0.1) is 24.4 Å². The fourth-order valence-corrected chi connectivity index (χ4v) is 4.76. The zero-order valence-electron chi connectivity index (χ0n) is 15.0. The fraction of sp³-hybridized carbons (Fsp3) is 0.579. The molecule has 0 unspecified atom stereocenters. The van der Waals surface area contributed by atoms with Crippen LogP contribution in [0.3, 0.4) is 0 Å². The van der Waals surface area contributed by atoms with Crippen LogP contribution in [0.5, 0.6) is 11.5 Å². The summed E-state index contributed by atoms with van der Waals surface area (Å²) < 4.78 is 11.7. The second-order valence-electron chi connectivity index (χ2n) is 7.04. The molecule has 0 heterocycles. The van der Waals surface area contributed by atoms with Crippen LogP contribution < -0.4 is 14.9 Å². The Morgan fingerprint density at radius 1 is 1.48 bits per heavy atom. The number of amides is 1. The highest BCUT2D eigenvalue weighted by molar-refractivity contribution is 9.10. The van der Waals surface area contributed by atoms with Gasteiger partial charge < -0.3 is 9.47 Å². The van der Waals surface area contributed by atoms with Crippen LogP contribution >= 0.6 is 15.9 Å². The molecule has 1 aromatic carbocycles. The fourth-order valence-electron chi connectivity index (χ4n) is 4.19. The lowest BCUT2D eigenvalue weighted by Crippen LogP contribution is -2.22. The van der Waals surface area contributed by atoms with Crippen molar-refractivity contribution in [2.24, 2.45) is 22.4 Å². The Hall–Kier alpha value is -1.56. The van der Waals surface area contributed by atoms with Crippen LogP contribution in [-0.2, 0) is 4.79 Å². The maximum absolute atomic E-state index is 12.4. The number of carbonyl (C=O) groups is 1. The largest absolute Gasteiger partial charge is 0.493 e. The van der Waals surface area contributed by atoms with Gasteiger partial charge in [-0.3, -0.25) is 4.79 Å². The topological polar surface area (TPSA) is 59.9 Å². The third kappa shape index (κ3) is 3.54. The molecule has 0 aromatic heterocycles. The van der Waals surface area contributed by atoms with Crippen LogP contribution in [0.4, 0.5) is 0 Å². The van der Waals surface area contributed by atoms with Crippen molar-refractivity contribution in [1.82, 2.24) is 5.43 Å². The molecular weight excluding hydrogens is 384 g/mol. The van der Waals surface area contributed by atoms with E-state index in [2.05, 4.69) is 33.4 Å². The van der Waals surface area contributed by atoms with Gasteiger partial charge in [-0.2, -0.15) is 5.10 Å². The van der Waals surface area contributed by atoms with E-state index in [1.54, 1.807) is 13.3 Å². The molecule has 1 N–H and O–H groups in total. The highest BCUT2D eigenvalue weighted by Crippen LogP contribution is 2.66. The summed E-state index contributed by atoms with van der Waals surface area (Å²) >= 11 is 3.49. The summed E-state index contributed by atoms with van der Waals surface area (Å²) in [4.78, 5) is 12.4. The Labute approximate surface area is 157 Å². The van der Waals surface area contributed by atoms with Crippen LogP contribution in [0.15, 0.2) is 21.7 Å². The van der Waals surface area contributed by atoms with Gasteiger partial charge in [0.25, 0.3) is 0 Å². The molecule has 2 fully saturated rings. The van der Waals surface area contributed by atoms with E-state index in [0.717, 1.165) is 16.5 Å². The summed E-state index contributed by atoms with van der Waals surface area (Å²) in [6.45, 7) is 4.71. The second kappa shape index (κ2) is 7.36. The van der Waals surface area contributed by atoms with E-state index in [-0.39, 0.29) is 17.2 Å². The van der Waals surface area contributed by atoms with Gasteiger partial charge in [0.2, 0.25) is 5.91 Å². The minimum absolute atomic E-state index is 0.0441.